The molecule has 2 aromatic rings. The third-order valence-corrected chi connectivity index (χ3v) is 5.27. The third kappa shape index (κ3) is 2.74. The summed E-state index contributed by atoms with van der Waals surface area (Å²) in [5, 5.41) is 4.21. The van der Waals surface area contributed by atoms with Crippen molar-refractivity contribution in [3.8, 4) is 5.75 Å². The zero-order valence-electron chi connectivity index (χ0n) is 13.4. The molecule has 4 nitrogen and oxygen atoms in total. The van der Waals surface area contributed by atoms with Gasteiger partial charge in [0, 0.05) is 23.6 Å². The van der Waals surface area contributed by atoms with Gasteiger partial charge in [0.25, 0.3) is 0 Å². The molecule has 2 bridgehead atoms. The van der Waals surface area contributed by atoms with Gasteiger partial charge in [0.05, 0.1) is 7.11 Å². The molecule has 4 rings (SSSR count). The molecule has 1 saturated carbocycles. The normalized spacial score (nSPS) is 25.2. The van der Waals surface area contributed by atoms with Gasteiger partial charge in [0.2, 0.25) is 5.91 Å². The first-order valence-electron chi connectivity index (χ1n) is 8.31. The highest BCUT2D eigenvalue weighted by Gasteiger charge is 2.35. The number of methoxy groups -OCH3 is 1. The first-order chi connectivity index (χ1) is 11.2. The van der Waals surface area contributed by atoms with Crippen molar-refractivity contribution < 1.29 is 9.53 Å². The second-order valence-corrected chi connectivity index (χ2v) is 6.71. The molecule has 1 heterocycles. The Morgan fingerprint density at radius 3 is 2.96 bits per heavy atom. The van der Waals surface area contributed by atoms with Crippen molar-refractivity contribution in [2.75, 3.05) is 13.7 Å². The van der Waals surface area contributed by atoms with Crippen molar-refractivity contribution in [1.82, 2.24) is 9.88 Å². The molecule has 120 valence electrons. The highest BCUT2D eigenvalue weighted by Crippen LogP contribution is 2.42. The van der Waals surface area contributed by atoms with Crippen molar-refractivity contribution in [3.63, 3.8) is 0 Å². The fraction of sp³-hybridized carbons (Fsp3) is 0.421. The molecular weight excluding hydrogens is 288 g/mol. The summed E-state index contributed by atoms with van der Waals surface area (Å²) in [6.45, 7) is 1.17. The van der Waals surface area contributed by atoms with Gasteiger partial charge in [-0.15, -0.1) is 0 Å². The molecule has 0 aliphatic heterocycles. The van der Waals surface area contributed by atoms with Gasteiger partial charge in [0.15, 0.2) is 0 Å². The van der Waals surface area contributed by atoms with E-state index in [4.69, 9.17) is 4.74 Å². The van der Waals surface area contributed by atoms with Crippen molar-refractivity contribution in [2.24, 2.45) is 17.8 Å². The van der Waals surface area contributed by atoms with Crippen molar-refractivity contribution in [1.29, 1.82) is 0 Å². The first-order valence-corrected chi connectivity index (χ1v) is 8.31. The number of nitrogens with one attached hydrogen (secondary N) is 1. The minimum atomic E-state index is 0.0880. The number of rotatable bonds is 5. The highest BCUT2D eigenvalue weighted by molar-refractivity contribution is 5.84. The standard InChI is InChI=1S/C19H22N2O2/c1-23-17-4-5-18-15(10-17)6-7-21(18)12-19(22)20-11-16-9-13-2-3-14(16)8-13/h2-7,10,13-14,16H,8-9,11-12H2,1H3,(H,20,22). The molecule has 3 unspecified atom stereocenters. The molecule has 1 amide bonds. The molecule has 1 aromatic carbocycles. The van der Waals surface area contributed by atoms with Crippen LogP contribution in [0.3, 0.4) is 0 Å². The zero-order chi connectivity index (χ0) is 15.8. The van der Waals surface area contributed by atoms with Crippen molar-refractivity contribution in [2.45, 2.75) is 19.4 Å². The molecule has 1 fully saturated rings. The molecule has 23 heavy (non-hydrogen) atoms. The number of aromatic nitrogens is 1. The summed E-state index contributed by atoms with van der Waals surface area (Å²) < 4.78 is 7.23. The van der Waals surface area contributed by atoms with Gasteiger partial charge in [-0.3, -0.25) is 4.79 Å². The number of hydrogen-bond acceptors (Lipinski definition) is 2. The van der Waals surface area contributed by atoms with E-state index >= 15 is 0 Å². The van der Waals surface area contributed by atoms with Crippen LogP contribution in [0, 0.1) is 17.8 Å². The molecule has 1 N–H and O–H groups in total. The molecule has 2 aliphatic carbocycles. The second-order valence-electron chi connectivity index (χ2n) is 6.71. The molecule has 3 atom stereocenters. The van der Waals surface area contributed by atoms with Crippen molar-refractivity contribution >= 4 is 16.8 Å². The maximum atomic E-state index is 12.3. The van der Waals surface area contributed by atoms with Gasteiger partial charge in [0.1, 0.15) is 12.3 Å². The minimum Gasteiger partial charge on any atom is -0.497 e. The summed E-state index contributed by atoms with van der Waals surface area (Å²) in [4.78, 5) is 12.3. The summed E-state index contributed by atoms with van der Waals surface area (Å²) >= 11 is 0. The van der Waals surface area contributed by atoms with Crippen LogP contribution >= 0.6 is 0 Å². The average Bonchev–Trinajstić information content (AvgIpc) is 3.28. The number of benzene rings is 1. The zero-order valence-corrected chi connectivity index (χ0v) is 13.4. The summed E-state index contributed by atoms with van der Waals surface area (Å²) in [5.74, 6) is 2.99. The number of allylic oxidation sites excluding steroid dienone is 2. The van der Waals surface area contributed by atoms with Gasteiger partial charge in [-0.2, -0.15) is 0 Å². The van der Waals surface area contributed by atoms with Gasteiger partial charge in [-0.05, 0) is 54.9 Å². The first kappa shape index (κ1) is 14.4. The largest absolute Gasteiger partial charge is 0.497 e. The van der Waals surface area contributed by atoms with Crippen LogP contribution in [0.2, 0.25) is 0 Å². The molecule has 1 aromatic heterocycles. The van der Waals surface area contributed by atoms with E-state index in [1.54, 1.807) is 7.11 Å². The fourth-order valence-corrected chi connectivity index (χ4v) is 4.03. The maximum Gasteiger partial charge on any atom is 0.239 e. The smallest absolute Gasteiger partial charge is 0.239 e. The fourth-order valence-electron chi connectivity index (χ4n) is 4.03. The van der Waals surface area contributed by atoms with E-state index in [1.165, 1.54) is 12.8 Å². The molecule has 2 aliphatic rings. The summed E-state index contributed by atoms with van der Waals surface area (Å²) in [7, 11) is 1.66. The van der Waals surface area contributed by atoms with Crippen LogP contribution in [0.25, 0.3) is 10.9 Å². The van der Waals surface area contributed by atoms with Gasteiger partial charge < -0.3 is 14.6 Å². The Kier molecular flexibility index (Phi) is 3.60. The minimum absolute atomic E-state index is 0.0880. The lowest BCUT2D eigenvalue weighted by Crippen LogP contribution is -2.33. The average molecular weight is 310 g/mol. The summed E-state index contributed by atoms with van der Waals surface area (Å²) in [5.41, 5.74) is 1.06. The van der Waals surface area contributed by atoms with Gasteiger partial charge in [-0.1, -0.05) is 12.2 Å². The van der Waals surface area contributed by atoms with Crippen LogP contribution in [0.4, 0.5) is 0 Å². The van der Waals surface area contributed by atoms with E-state index in [9.17, 15) is 4.79 Å². The van der Waals surface area contributed by atoms with Gasteiger partial charge >= 0.3 is 0 Å². The Morgan fingerprint density at radius 2 is 2.22 bits per heavy atom. The topological polar surface area (TPSA) is 43.3 Å². The van der Waals surface area contributed by atoms with Gasteiger partial charge in [-0.25, -0.2) is 0 Å². The Labute approximate surface area is 136 Å². The number of amides is 1. The van der Waals surface area contributed by atoms with Crippen LogP contribution in [-0.4, -0.2) is 24.1 Å². The predicted octanol–water partition coefficient (Wildman–Crippen LogP) is 2.98. The SMILES string of the molecule is COc1ccc2c(ccn2CC(=O)NCC2CC3C=CC2C3)c1. The monoisotopic (exact) mass is 310 g/mol. The predicted molar refractivity (Wildman–Crippen MR) is 90.3 cm³/mol. The Morgan fingerprint density at radius 1 is 1.30 bits per heavy atom. The second kappa shape index (κ2) is 5.76. The third-order valence-electron chi connectivity index (χ3n) is 5.27. The molecule has 0 spiro atoms. The molecule has 0 radical (unpaired) electrons. The molecule has 4 heteroatoms. The van der Waals surface area contributed by atoms with E-state index in [2.05, 4.69) is 17.5 Å². The highest BCUT2D eigenvalue weighted by atomic mass is 16.5. The summed E-state index contributed by atoms with van der Waals surface area (Å²) in [6, 6.07) is 7.94. The van der Waals surface area contributed by atoms with E-state index < -0.39 is 0 Å². The maximum absolute atomic E-state index is 12.3. The van der Waals surface area contributed by atoms with Crippen LogP contribution in [0.5, 0.6) is 5.75 Å². The molecular formula is C19H22N2O2. The number of fused-ring (bicyclic) bond motifs is 3. The number of hydrogen-bond donors (Lipinski definition) is 1. The Bertz CT molecular complexity index is 762. The van der Waals surface area contributed by atoms with E-state index in [1.807, 2.05) is 35.0 Å². The Hall–Kier alpha value is -2.23. The van der Waals surface area contributed by atoms with Crippen LogP contribution in [-0.2, 0) is 11.3 Å². The van der Waals surface area contributed by atoms with E-state index in [0.717, 1.165) is 29.1 Å². The quantitative estimate of drug-likeness (QED) is 0.863. The van der Waals surface area contributed by atoms with Crippen LogP contribution < -0.4 is 10.1 Å². The number of nitrogens with zero attached hydrogens (tertiary/aromatic N) is 1. The number of carbonyl (C=O) groups is 1. The lowest BCUT2D eigenvalue weighted by molar-refractivity contribution is -0.121. The van der Waals surface area contributed by atoms with E-state index in [-0.39, 0.29) is 5.91 Å². The van der Waals surface area contributed by atoms with Crippen molar-refractivity contribution in [3.05, 3.63) is 42.6 Å². The summed E-state index contributed by atoms with van der Waals surface area (Å²) in [6.07, 6.45) is 9.14. The molecule has 0 saturated heterocycles. The number of ether oxygens (including phenoxy) is 1. The van der Waals surface area contributed by atoms with Crippen LogP contribution in [0.15, 0.2) is 42.6 Å². The lowest BCUT2D eigenvalue weighted by Gasteiger charge is -2.18. The lowest BCUT2D eigenvalue weighted by atomic mass is 9.94. The van der Waals surface area contributed by atoms with Crippen LogP contribution in [0.1, 0.15) is 12.8 Å². The number of carbonyl (C=O) groups excluding carboxylic acids is 1. The van der Waals surface area contributed by atoms with E-state index in [0.29, 0.717) is 18.4 Å². The Balaban J connectivity index is 1.38.